The number of anilines is 1. The van der Waals surface area contributed by atoms with Crippen LogP contribution >= 0.6 is 11.8 Å². The van der Waals surface area contributed by atoms with Gasteiger partial charge in [0.1, 0.15) is 0 Å². The third kappa shape index (κ3) is 5.12. The number of methoxy groups -OCH3 is 1. The van der Waals surface area contributed by atoms with Gasteiger partial charge >= 0.3 is 0 Å². The lowest BCUT2D eigenvalue weighted by Crippen LogP contribution is -2.28. The molecular formula is C27H26N2O3S. The van der Waals surface area contributed by atoms with Crippen molar-refractivity contribution in [3.05, 3.63) is 88.3 Å². The van der Waals surface area contributed by atoms with Gasteiger partial charge in [-0.3, -0.25) is 9.69 Å². The van der Waals surface area contributed by atoms with E-state index in [2.05, 4.69) is 0 Å². The van der Waals surface area contributed by atoms with E-state index in [1.165, 1.54) is 11.8 Å². The summed E-state index contributed by atoms with van der Waals surface area (Å²) >= 11 is 1.36. The number of ether oxygens (including phenoxy) is 2. The molecule has 3 aromatic carbocycles. The molecule has 0 saturated carbocycles. The summed E-state index contributed by atoms with van der Waals surface area (Å²) in [6.07, 6.45) is 1.87. The quantitative estimate of drug-likeness (QED) is 0.395. The first-order chi connectivity index (χ1) is 16.0. The second-order valence-corrected chi connectivity index (χ2v) is 8.67. The minimum Gasteiger partial charge on any atom is -0.493 e. The number of amides is 1. The van der Waals surface area contributed by atoms with Crippen LogP contribution in [0.5, 0.6) is 11.5 Å². The van der Waals surface area contributed by atoms with Gasteiger partial charge in [0.25, 0.3) is 5.91 Å². The number of carbonyl (C=O) groups excluding carboxylic acids is 1. The highest BCUT2D eigenvalue weighted by atomic mass is 32.2. The molecule has 5 nitrogen and oxygen atoms in total. The molecule has 0 radical (unpaired) electrons. The molecule has 0 atom stereocenters. The highest BCUT2D eigenvalue weighted by molar-refractivity contribution is 8.19. The lowest BCUT2D eigenvalue weighted by atomic mass is 10.1. The van der Waals surface area contributed by atoms with E-state index in [1.807, 2.05) is 93.6 Å². The number of rotatable bonds is 6. The van der Waals surface area contributed by atoms with Crippen LogP contribution in [0.4, 0.5) is 11.4 Å². The molecule has 0 bridgehead atoms. The van der Waals surface area contributed by atoms with Gasteiger partial charge in [0.2, 0.25) is 0 Å². The van der Waals surface area contributed by atoms with E-state index in [0.29, 0.717) is 28.2 Å². The minimum absolute atomic E-state index is 0.108. The maximum absolute atomic E-state index is 13.5. The first-order valence-corrected chi connectivity index (χ1v) is 11.6. The Morgan fingerprint density at radius 2 is 1.61 bits per heavy atom. The predicted octanol–water partition coefficient (Wildman–Crippen LogP) is 6.52. The third-order valence-corrected chi connectivity index (χ3v) is 6.11. The zero-order valence-corrected chi connectivity index (χ0v) is 20.0. The van der Waals surface area contributed by atoms with Crippen LogP contribution in [0.25, 0.3) is 6.08 Å². The first-order valence-electron chi connectivity index (χ1n) is 10.8. The number of amidine groups is 1. The van der Waals surface area contributed by atoms with E-state index in [0.717, 1.165) is 28.1 Å². The summed E-state index contributed by atoms with van der Waals surface area (Å²) in [6, 6.07) is 21.5. The number of thioether (sulfide) groups is 1. The van der Waals surface area contributed by atoms with Crippen molar-refractivity contribution in [3.8, 4) is 11.5 Å². The summed E-state index contributed by atoms with van der Waals surface area (Å²) in [7, 11) is 1.61. The standard InChI is InChI=1S/C27H26N2O3S/c1-5-32-24-16-20(10-15-23(24)31-4)17-25-26(30)29(22-13-8-19(3)9-14-22)27(33-25)28-21-11-6-18(2)7-12-21/h6-17H,5H2,1-4H3/b25-17-,28-27?. The zero-order valence-electron chi connectivity index (χ0n) is 19.2. The van der Waals surface area contributed by atoms with Gasteiger partial charge in [0.15, 0.2) is 16.7 Å². The van der Waals surface area contributed by atoms with E-state index in [-0.39, 0.29) is 5.91 Å². The summed E-state index contributed by atoms with van der Waals surface area (Å²) in [5.74, 6) is 1.20. The molecule has 4 rings (SSSR count). The van der Waals surface area contributed by atoms with Crippen molar-refractivity contribution in [3.63, 3.8) is 0 Å². The van der Waals surface area contributed by atoms with Crippen LogP contribution in [0.3, 0.4) is 0 Å². The Kier molecular flexibility index (Phi) is 6.84. The van der Waals surface area contributed by atoms with Gasteiger partial charge in [0.05, 0.1) is 30.0 Å². The van der Waals surface area contributed by atoms with E-state index in [1.54, 1.807) is 12.0 Å². The lowest BCUT2D eigenvalue weighted by Gasteiger charge is -2.16. The van der Waals surface area contributed by atoms with Crippen molar-refractivity contribution < 1.29 is 14.3 Å². The normalized spacial score (nSPS) is 16.0. The summed E-state index contributed by atoms with van der Waals surface area (Å²) in [4.78, 5) is 20.5. The number of benzene rings is 3. The zero-order chi connectivity index (χ0) is 23.4. The molecule has 168 valence electrons. The fourth-order valence-corrected chi connectivity index (χ4v) is 4.40. The molecule has 1 heterocycles. The van der Waals surface area contributed by atoms with Gasteiger partial charge in [-0.15, -0.1) is 0 Å². The van der Waals surface area contributed by atoms with E-state index in [4.69, 9.17) is 14.5 Å². The number of hydrogen-bond donors (Lipinski definition) is 0. The van der Waals surface area contributed by atoms with Gasteiger partial charge in [-0.1, -0.05) is 41.5 Å². The van der Waals surface area contributed by atoms with Crippen molar-refractivity contribution in [2.45, 2.75) is 20.8 Å². The van der Waals surface area contributed by atoms with E-state index in [9.17, 15) is 4.79 Å². The summed E-state index contributed by atoms with van der Waals surface area (Å²) in [5, 5.41) is 0.623. The number of hydrogen-bond acceptors (Lipinski definition) is 5. The SMILES string of the molecule is CCOc1cc(/C=C2\SC(=Nc3ccc(C)cc3)N(c3ccc(C)cc3)C2=O)ccc1OC. The maximum atomic E-state index is 13.5. The molecule has 1 saturated heterocycles. The Bertz CT molecular complexity index is 1220. The molecule has 0 N–H and O–H groups in total. The van der Waals surface area contributed by atoms with Crippen molar-refractivity contribution in [2.24, 2.45) is 4.99 Å². The molecule has 6 heteroatoms. The molecule has 1 fully saturated rings. The average Bonchev–Trinajstić information content (AvgIpc) is 3.11. The van der Waals surface area contributed by atoms with Gasteiger partial charge in [-0.2, -0.15) is 0 Å². The molecule has 1 aliphatic heterocycles. The molecular weight excluding hydrogens is 432 g/mol. The average molecular weight is 459 g/mol. The largest absolute Gasteiger partial charge is 0.493 e. The first kappa shape index (κ1) is 22.7. The monoisotopic (exact) mass is 458 g/mol. The Balaban J connectivity index is 1.74. The molecule has 0 spiro atoms. The van der Waals surface area contributed by atoms with Crippen molar-refractivity contribution in [1.82, 2.24) is 0 Å². The second-order valence-electron chi connectivity index (χ2n) is 7.66. The van der Waals surface area contributed by atoms with E-state index >= 15 is 0 Å². The van der Waals surface area contributed by atoms with Gasteiger partial charge in [-0.25, -0.2) is 4.99 Å². The van der Waals surface area contributed by atoms with Crippen LogP contribution < -0.4 is 14.4 Å². The van der Waals surface area contributed by atoms with Gasteiger partial charge < -0.3 is 9.47 Å². The number of aryl methyl sites for hydroxylation is 2. The Morgan fingerprint density at radius 1 is 0.939 bits per heavy atom. The van der Waals surface area contributed by atoms with Gasteiger partial charge in [-0.05, 0) is 80.6 Å². The molecule has 0 aromatic heterocycles. The highest BCUT2D eigenvalue weighted by Crippen LogP contribution is 2.38. The fourth-order valence-electron chi connectivity index (χ4n) is 3.40. The molecule has 0 unspecified atom stereocenters. The Hall–Kier alpha value is -3.51. The molecule has 0 aliphatic carbocycles. The van der Waals surface area contributed by atoms with Crippen LogP contribution in [0.1, 0.15) is 23.6 Å². The van der Waals surface area contributed by atoms with Crippen molar-refractivity contribution in [2.75, 3.05) is 18.6 Å². The van der Waals surface area contributed by atoms with Crippen molar-refractivity contribution in [1.29, 1.82) is 0 Å². The van der Waals surface area contributed by atoms with Crippen LogP contribution in [0.2, 0.25) is 0 Å². The topological polar surface area (TPSA) is 51.1 Å². The Morgan fingerprint density at radius 3 is 2.24 bits per heavy atom. The summed E-state index contributed by atoms with van der Waals surface area (Å²) in [5.41, 5.74) is 4.74. The number of nitrogens with zero attached hydrogens (tertiary/aromatic N) is 2. The lowest BCUT2D eigenvalue weighted by molar-refractivity contribution is -0.113. The minimum atomic E-state index is -0.108. The molecule has 1 aliphatic rings. The predicted molar refractivity (Wildman–Crippen MR) is 137 cm³/mol. The van der Waals surface area contributed by atoms with Crippen LogP contribution in [-0.4, -0.2) is 24.8 Å². The van der Waals surface area contributed by atoms with Crippen LogP contribution in [-0.2, 0) is 4.79 Å². The third-order valence-electron chi connectivity index (χ3n) is 5.14. The number of aliphatic imine (C=N–C) groups is 1. The highest BCUT2D eigenvalue weighted by Gasteiger charge is 2.34. The second kappa shape index (κ2) is 9.96. The maximum Gasteiger partial charge on any atom is 0.271 e. The summed E-state index contributed by atoms with van der Waals surface area (Å²) < 4.78 is 11.1. The molecule has 33 heavy (non-hydrogen) atoms. The smallest absolute Gasteiger partial charge is 0.271 e. The fraction of sp³-hybridized carbons (Fsp3) is 0.185. The van der Waals surface area contributed by atoms with Crippen LogP contribution in [0, 0.1) is 13.8 Å². The van der Waals surface area contributed by atoms with Crippen molar-refractivity contribution >= 4 is 40.3 Å². The molecule has 3 aromatic rings. The van der Waals surface area contributed by atoms with Crippen LogP contribution in [0.15, 0.2) is 76.6 Å². The number of carbonyl (C=O) groups is 1. The summed E-state index contributed by atoms with van der Waals surface area (Å²) in [6.45, 7) is 6.51. The molecule has 1 amide bonds. The van der Waals surface area contributed by atoms with E-state index < -0.39 is 0 Å². The van der Waals surface area contributed by atoms with Gasteiger partial charge in [0, 0.05) is 0 Å². The Labute approximate surface area is 198 Å².